The van der Waals surface area contributed by atoms with Crippen LogP contribution in [-0.4, -0.2) is 17.2 Å². The van der Waals surface area contributed by atoms with E-state index in [-0.39, 0.29) is 6.61 Å². The molecule has 4 nitrogen and oxygen atoms in total. The number of carbonyl (C=O) groups excluding carboxylic acids is 1. The molecule has 4 heteroatoms. The number of hydrogen-bond donors (Lipinski definition) is 1. The van der Waals surface area contributed by atoms with Gasteiger partial charge in [-0.25, -0.2) is 0 Å². The largest absolute Gasteiger partial charge is 0.460 e. The molecule has 0 saturated heterocycles. The molecular formula is C12H13NO3. The predicted octanol–water partition coefficient (Wildman–Crippen LogP) is 1.25. The van der Waals surface area contributed by atoms with Crippen LogP contribution in [0.15, 0.2) is 30.3 Å². The molecule has 84 valence electrons. The highest BCUT2D eigenvalue weighted by molar-refractivity contribution is 5.75. The summed E-state index contributed by atoms with van der Waals surface area (Å²) in [6, 6.07) is 10.9. The Morgan fingerprint density at radius 1 is 1.50 bits per heavy atom. The molecule has 0 fully saturated rings. The number of aliphatic hydroxyl groups is 1. The second-order valence-electron chi connectivity index (χ2n) is 3.44. The summed E-state index contributed by atoms with van der Waals surface area (Å²) in [6.45, 7) is 1.50. The lowest BCUT2D eigenvalue weighted by molar-refractivity contribution is -0.150. The van der Waals surface area contributed by atoms with Gasteiger partial charge in [-0.15, -0.1) is 0 Å². The van der Waals surface area contributed by atoms with Crippen molar-refractivity contribution in [2.24, 2.45) is 5.92 Å². The maximum atomic E-state index is 11.4. The average molecular weight is 219 g/mol. The maximum Gasteiger partial charge on any atom is 0.326 e. The van der Waals surface area contributed by atoms with Gasteiger partial charge in [0.25, 0.3) is 0 Å². The van der Waals surface area contributed by atoms with Gasteiger partial charge in [-0.05, 0) is 12.5 Å². The summed E-state index contributed by atoms with van der Waals surface area (Å²) in [7, 11) is 0. The number of nitriles is 1. The second-order valence-corrected chi connectivity index (χ2v) is 3.44. The molecule has 2 atom stereocenters. The zero-order valence-electron chi connectivity index (χ0n) is 8.96. The van der Waals surface area contributed by atoms with Crippen LogP contribution in [0.25, 0.3) is 0 Å². The van der Waals surface area contributed by atoms with E-state index < -0.39 is 18.0 Å². The molecule has 0 spiro atoms. The highest BCUT2D eigenvalue weighted by Crippen LogP contribution is 2.07. The minimum Gasteiger partial charge on any atom is -0.460 e. The van der Waals surface area contributed by atoms with Crippen molar-refractivity contribution in [2.75, 3.05) is 0 Å². The molecule has 1 aromatic rings. The monoisotopic (exact) mass is 219 g/mol. The van der Waals surface area contributed by atoms with Crippen molar-refractivity contribution >= 4 is 5.97 Å². The van der Waals surface area contributed by atoms with E-state index in [1.54, 1.807) is 6.07 Å². The lowest BCUT2D eigenvalue weighted by atomic mass is 10.1. The van der Waals surface area contributed by atoms with Crippen molar-refractivity contribution in [3.05, 3.63) is 35.9 Å². The van der Waals surface area contributed by atoms with Gasteiger partial charge in [0.15, 0.2) is 5.92 Å². The fourth-order valence-corrected chi connectivity index (χ4v) is 1.18. The number of hydrogen-bond acceptors (Lipinski definition) is 4. The van der Waals surface area contributed by atoms with Gasteiger partial charge < -0.3 is 9.84 Å². The zero-order chi connectivity index (χ0) is 12.0. The van der Waals surface area contributed by atoms with E-state index in [2.05, 4.69) is 0 Å². The van der Waals surface area contributed by atoms with Crippen molar-refractivity contribution in [3.8, 4) is 6.07 Å². The molecule has 0 amide bonds. The lowest BCUT2D eigenvalue weighted by Crippen LogP contribution is -2.26. The molecule has 0 aromatic heterocycles. The number of esters is 1. The van der Waals surface area contributed by atoms with Crippen LogP contribution in [0.5, 0.6) is 0 Å². The summed E-state index contributed by atoms with van der Waals surface area (Å²) in [5.74, 6) is -1.81. The van der Waals surface area contributed by atoms with E-state index in [0.717, 1.165) is 5.56 Å². The number of nitrogens with zero attached hydrogens (tertiary/aromatic N) is 1. The summed E-state index contributed by atoms with van der Waals surface area (Å²) >= 11 is 0. The topological polar surface area (TPSA) is 70.3 Å². The number of ether oxygens (including phenoxy) is 1. The van der Waals surface area contributed by atoms with Crippen LogP contribution in [0.3, 0.4) is 0 Å². The third-order valence-electron chi connectivity index (χ3n) is 2.10. The Hall–Kier alpha value is -1.86. The molecule has 16 heavy (non-hydrogen) atoms. The second kappa shape index (κ2) is 5.89. The Morgan fingerprint density at radius 2 is 2.12 bits per heavy atom. The van der Waals surface area contributed by atoms with Crippen LogP contribution in [0.2, 0.25) is 0 Å². The molecule has 0 bridgehead atoms. The van der Waals surface area contributed by atoms with Crippen LogP contribution in [0.1, 0.15) is 12.5 Å². The molecular weight excluding hydrogens is 206 g/mol. The summed E-state index contributed by atoms with van der Waals surface area (Å²) in [5.41, 5.74) is 0.845. The molecule has 0 aliphatic carbocycles. The summed E-state index contributed by atoms with van der Waals surface area (Å²) < 4.78 is 4.92. The molecule has 0 heterocycles. The van der Waals surface area contributed by atoms with E-state index in [0.29, 0.717) is 0 Å². The van der Waals surface area contributed by atoms with Crippen LogP contribution in [0.4, 0.5) is 0 Å². The average Bonchev–Trinajstić information content (AvgIpc) is 2.28. The number of carbonyl (C=O) groups is 1. The fourth-order valence-electron chi connectivity index (χ4n) is 1.18. The van der Waals surface area contributed by atoms with Crippen LogP contribution >= 0.6 is 0 Å². The van der Waals surface area contributed by atoms with Crippen LogP contribution in [-0.2, 0) is 16.1 Å². The van der Waals surface area contributed by atoms with Crippen molar-refractivity contribution in [1.29, 1.82) is 5.26 Å². The third kappa shape index (κ3) is 3.37. The van der Waals surface area contributed by atoms with E-state index in [9.17, 15) is 4.79 Å². The maximum absolute atomic E-state index is 11.4. The molecule has 0 radical (unpaired) electrons. The van der Waals surface area contributed by atoms with Gasteiger partial charge in [0.05, 0.1) is 12.2 Å². The summed E-state index contributed by atoms with van der Waals surface area (Å²) in [4.78, 5) is 11.4. The molecule has 1 N–H and O–H groups in total. The Bertz CT molecular complexity index is 381. The van der Waals surface area contributed by atoms with Crippen LogP contribution in [0, 0.1) is 17.2 Å². The van der Waals surface area contributed by atoms with E-state index in [1.807, 2.05) is 30.3 Å². The van der Waals surface area contributed by atoms with Crippen molar-refractivity contribution < 1.29 is 14.6 Å². The Morgan fingerprint density at radius 3 is 2.62 bits per heavy atom. The van der Waals surface area contributed by atoms with E-state index in [1.165, 1.54) is 6.92 Å². The highest BCUT2D eigenvalue weighted by Gasteiger charge is 2.24. The Labute approximate surface area is 94.1 Å². The number of rotatable bonds is 4. The highest BCUT2D eigenvalue weighted by atomic mass is 16.5. The SMILES string of the molecule is CC(O)[C@@H](C#N)C(=O)OCc1ccccc1. The smallest absolute Gasteiger partial charge is 0.326 e. The van der Waals surface area contributed by atoms with Gasteiger partial charge >= 0.3 is 5.97 Å². The Kier molecular flexibility index (Phi) is 4.49. The molecule has 1 aromatic carbocycles. The lowest BCUT2D eigenvalue weighted by Gasteiger charge is -2.11. The molecule has 1 unspecified atom stereocenters. The van der Waals surface area contributed by atoms with Crippen molar-refractivity contribution in [3.63, 3.8) is 0 Å². The quantitative estimate of drug-likeness (QED) is 0.774. The van der Waals surface area contributed by atoms with Gasteiger partial charge in [0.1, 0.15) is 6.61 Å². The van der Waals surface area contributed by atoms with E-state index >= 15 is 0 Å². The van der Waals surface area contributed by atoms with Gasteiger partial charge in [0, 0.05) is 0 Å². The first-order chi connectivity index (χ1) is 7.65. The number of benzene rings is 1. The normalized spacial score (nSPS) is 13.6. The third-order valence-corrected chi connectivity index (χ3v) is 2.10. The minimum atomic E-state index is -1.12. The van der Waals surface area contributed by atoms with Crippen molar-refractivity contribution in [1.82, 2.24) is 0 Å². The fraction of sp³-hybridized carbons (Fsp3) is 0.333. The standard InChI is InChI=1S/C12H13NO3/c1-9(14)11(7-13)12(15)16-8-10-5-3-2-4-6-10/h2-6,9,11,14H,8H2,1H3/t9?,11-/m1/s1. The van der Waals surface area contributed by atoms with Crippen LogP contribution < -0.4 is 0 Å². The summed E-state index contributed by atoms with van der Waals surface area (Å²) in [6.07, 6.45) is -1.02. The molecule has 0 saturated carbocycles. The van der Waals surface area contributed by atoms with Gasteiger partial charge in [0.2, 0.25) is 0 Å². The molecule has 1 rings (SSSR count). The summed E-state index contributed by atoms with van der Waals surface area (Å²) in [5, 5.41) is 17.8. The molecule has 0 aliphatic rings. The van der Waals surface area contributed by atoms with Gasteiger partial charge in [-0.3, -0.25) is 4.79 Å². The van der Waals surface area contributed by atoms with Gasteiger partial charge in [-0.1, -0.05) is 30.3 Å². The first kappa shape index (κ1) is 12.2. The molecule has 0 aliphatic heterocycles. The Balaban J connectivity index is 2.50. The predicted molar refractivity (Wildman–Crippen MR) is 57.0 cm³/mol. The van der Waals surface area contributed by atoms with E-state index in [4.69, 9.17) is 15.1 Å². The van der Waals surface area contributed by atoms with Gasteiger partial charge in [-0.2, -0.15) is 5.26 Å². The first-order valence-electron chi connectivity index (χ1n) is 4.93. The zero-order valence-corrected chi connectivity index (χ0v) is 8.96. The number of aliphatic hydroxyl groups excluding tert-OH is 1. The first-order valence-corrected chi connectivity index (χ1v) is 4.93. The van der Waals surface area contributed by atoms with Crippen molar-refractivity contribution in [2.45, 2.75) is 19.6 Å². The minimum absolute atomic E-state index is 0.116.